The lowest BCUT2D eigenvalue weighted by molar-refractivity contribution is -0.117. The second-order valence-electron chi connectivity index (χ2n) is 5.02. The average molecular weight is 369 g/mol. The lowest BCUT2D eigenvalue weighted by Crippen LogP contribution is -2.32. The summed E-state index contributed by atoms with van der Waals surface area (Å²) in [7, 11) is 0. The van der Waals surface area contributed by atoms with Crippen LogP contribution in [0, 0.1) is 5.82 Å². The van der Waals surface area contributed by atoms with Gasteiger partial charge in [0.05, 0.1) is 21.4 Å². The van der Waals surface area contributed by atoms with Gasteiger partial charge in [-0.1, -0.05) is 41.4 Å². The van der Waals surface area contributed by atoms with Gasteiger partial charge in [-0.25, -0.2) is 4.39 Å². The van der Waals surface area contributed by atoms with Gasteiger partial charge in [-0.2, -0.15) is 0 Å². The Balaban J connectivity index is 2.06. The predicted molar refractivity (Wildman–Crippen MR) is 94.1 cm³/mol. The molecule has 2 amide bonds. The average Bonchev–Trinajstić information content (AvgIpc) is 2.52. The van der Waals surface area contributed by atoms with Crippen molar-refractivity contribution in [3.05, 3.63) is 58.3 Å². The van der Waals surface area contributed by atoms with Crippen molar-refractivity contribution in [2.75, 3.05) is 16.8 Å². The van der Waals surface area contributed by atoms with Crippen LogP contribution in [0.1, 0.15) is 13.3 Å². The Morgan fingerprint density at radius 3 is 2.29 bits per heavy atom. The van der Waals surface area contributed by atoms with Crippen molar-refractivity contribution >= 4 is 46.4 Å². The Labute approximate surface area is 149 Å². The molecule has 0 unspecified atom stereocenters. The molecule has 2 aromatic carbocycles. The lowest BCUT2D eigenvalue weighted by Gasteiger charge is -2.21. The van der Waals surface area contributed by atoms with E-state index in [1.54, 1.807) is 24.3 Å². The molecule has 0 atom stereocenters. The Kier molecular flexibility index (Phi) is 6.17. The third kappa shape index (κ3) is 4.46. The summed E-state index contributed by atoms with van der Waals surface area (Å²) in [4.78, 5) is 25.1. The van der Waals surface area contributed by atoms with E-state index in [1.807, 2.05) is 0 Å². The molecule has 0 aliphatic rings. The maximum atomic E-state index is 13.8. The smallest absolute Gasteiger partial charge is 0.226 e. The minimum absolute atomic E-state index is 0.0319. The number of anilines is 2. The number of carbonyl (C=O) groups excluding carboxylic acids is 2. The maximum absolute atomic E-state index is 13.8. The number of halogens is 3. The van der Waals surface area contributed by atoms with Crippen LogP contribution in [0.5, 0.6) is 0 Å². The second-order valence-corrected chi connectivity index (χ2v) is 5.83. The van der Waals surface area contributed by atoms with E-state index in [4.69, 9.17) is 23.2 Å². The standard InChI is InChI=1S/C17H15Cl2FN2O2/c1-11(23)22(15-8-3-2-7-14(15)20)10-9-16(24)21-17-12(18)5-4-6-13(17)19/h2-8H,9-10H2,1H3,(H,21,24). The number of amides is 2. The number of para-hydroxylation sites is 2. The summed E-state index contributed by atoms with van der Waals surface area (Å²) in [5, 5.41) is 3.23. The summed E-state index contributed by atoms with van der Waals surface area (Å²) in [5.41, 5.74) is 0.444. The molecule has 1 N–H and O–H groups in total. The van der Waals surface area contributed by atoms with Gasteiger partial charge in [0.25, 0.3) is 0 Å². The number of nitrogens with one attached hydrogen (secondary N) is 1. The van der Waals surface area contributed by atoms with E-state index in [9.17, 15) is 14.0 Å². The number of hydrogen-bond acceptors (Lipinski definition) is 2. The third-order valence-corrected chi connectivity index (χ3v) is 3.94. The van der Waals surface area contributed by atoms with Gasteiger partial charge < -0.3 is 10.2 Å². The second kappa shape index (κ2) is 8.13. The first-order chi connectivity index (χ1) is 11.4. The van der Waals surface area contributed by atoms with E-state index >= 15 is 0 Å². The van der Waals surface area contributed by atoms with Crippen LogP contribution in [0.4, 0.5) is 15.8 Å². The molecule has 0 bridgehead atoms. The van der Waals surface area contributed by atoms with E-state index in [-0.39, 0.29) is 30.5 Å². The van der Waals surface area contributed by atoms with Crippen LogP contribution in [-0.2, 0) is 9.59 Å². The van der Waals surface area contributed by atoms with Crippen molar-refractivity contribution in [3.8, 4) is 0 Å². The number of rotatable bonds is 5. The first kappa shape index (κ1) is 18.2. The van der Waals surface area contributed by atoms with Gasteiger partial charge in [0.15, 0.2) is 0 Å². The van der Waals surface area contributed by atoms with Crippen LogP contribution in [-0.4, -0.2) is 18.4 Å². The SMILES string of the molecule is CC(=O)N(CCC(=O)Nc1c(Cl)cccc1Cl)c1ccccc1F. The monoisotopic (exact) mass is 368 g/mol. The molecular weight excluding hydrogens is 354 g/mol. The molecule has 126 valence electrons. The number of benzene rings is 2. The molecule has 7 heteroatoms. The lowest BCUT2D eigenvalue weighted by atomic mass is 10.2. The Bertz CT molecular complexity index is 748. The molecule has 4 nitrogen and oxygen atoms in total. The quantitative estimate of drug-likeness (QED) is 0.843. The largest absolute Gasteiger partial charge is 0.323 e. The van der Waals surface area contributed by atoms with Gasteiger partial charge in [-0.05, 0) is 24.3 Å². The van der Waals surface area contributed by atoms with Crippen LogP contribution < -0.4 is 10.2 Å². The van der Waals surface area contributed by atoms with E-state index < -0.39 is 5.82 Å². The molecule has 0 spiro atoms. The molecule has 2 aromatic rings. The first-order valence-electron chi connectivity index (χ1n) is 7.16. The molecule has 0 aliphatic carbocycles. The van der Waals surface area contributed by atoms with Gasteiger partial charge in [0.1, 0.15) is 5.82 Å². The minimum atomic E-state index is -0.526. The number of hydrogen-bond donors (Lipinski definition) is 1. The topological polar surface area (TPSA) is 49.4 Å². The number of carbonyl (C=O) groups is 2. The minimum Gasteiger partial charge on any atom is -0.323 e. The summed E-state index contributed by atoms with van der Waals surface area (Å²) in [6.45, 7) is 1.35. The van der Waals surface area contributed by atoms with E-state index in [2.05, 4.69) is 5.32 Å². The third-order valence-electron chi connectivity index (χ3n) is 3.31. The van der Waals surface area contributed by atoms with Gasteiger partial charge >= 0.3 is 0 Å². The van der Waals surface area contributed by atoms with Crippen molar-refractivity contribution in [2.24, 2.45) is 0 Å². The van der Waals surface area contributed by atoms with Crippen LogP contribution in [0.25, 0.3) is 0 Å². The summed E-state index contributed by atoms with van der Waals surface area (Å²) >= 11 is 12.0. The Morgan fingerprint density at radius 2 is 1.71 bits per heavy atom. The summed E-state index contributed by atoms with van der Waals surface area (Å²) in [6.07, 6.45) is -0.0323. The van der Waals surface area contributed by atoms with E-state index in [0.717, 1.165) is 0 Å². The zero-order valence-electron chi connectivity index (χ0n) is 12.9. The fourth-order valence-electron chi connectivity index (χ4n) is 2.15. The zero-order chi connectivity index (χ0) is 17.7. The first-order valence-corrected chi connectivity index (χ1v) is 7.92. The van der Waals surface area contributed by atoms with Crippen LogP contribution in [0.3, 0.4) is 0 Å². The predicted octanol–water partition coefficient (Wildman–Crippen LogP) is 4.51. The highest BCUT2D eigenvalue weighted by atomic mass is 35.5. The van der Waals surface area contributed by atoms with Crippen molar-refractivity contribution in [2.45, 2.75) is 13.3 Å². The van der Waals surface area contributed by atoms with Crippen LogP contribution in [0.15, 0.2) is 42.5 Å². The fourth-order valence-corrected chi connectivity index (χ4v) is 2.64. The molecule has 0 heterocycles. The van der Waals surface area contributed by atoms with Gasteiger partial charge in [0, 0.05) is 19.9 Å². The molecule has 0 saturated carbocycles. The Hall–Kier alpha value is -2.11. The molecule has 0 fully saturated rings. The van der Waals surface area contributed by atoms with Crippen LogP contribution in [0.2, 0.25) is 10.0 Å². The van der Waals surface area contributed by atoms with Crippen molar-refractivity contribution in [1.29, 1.82) is 0 Å². The molecule has 2 rings (SSSR count). The summed E-state index contributed by atoms with van der Waals surface area (Å²) in [6, 6.07) is 10.8. The zero-order valence-corrected chi connectivity index (χ0v) is 14.4. The number of nitrogens with zero attached hydrogens (tertiary/aromatic N) is 1. The maximum Gasteiger partial charge on any atom is 0.226 e. The highest BCUT2D eigenvalue weighted by Crippen LogP contribution is 2.30. The summed E-state index contributed by atoms with van der Waals surface area (Å²) < 4.78 is 13.8. The van der Waals surface area contributed by atoms with Crippen molar-refractivity contribution < 1.29 is 14.0 Å². The van der Waals surface area contributed by atoms with Crippen LogP contribution >= 0.6 is 23.2 Å². The molecule has 0 aromatic heterocycles. The molecule has 0 saturated heterocycles. The normalized spacial score (nSPS) is 10.3. The Morgan fingerprint density at radius 1 is 1.08 bits per heavy atom. The molecule has 0 aliphatic heterocycles. The van der Waals surface area contributed by atoms with Gasteiger partial charge in [-0.15, -0.1) is 0 Å². The van der Waals surface area contributed by atoms with Gasteiger partial charge in [-0.3, -0.25) is 9.59 Å². The molecule has 24 heavy (non-hydrogen) atoms. The highest BCUT2D eigenvalue weighted by molar-refractivity contribution is 6.39. The molecule has 0 radical (unpaired) electrons. The summed E-state index contributed by atoms with van der Waals surface area (Å²) in [5.74, 6) is -1.27. The molecular formula is C17H15Cl2FN2O2. The highest BCUT2D eigenvalue weighted by Gasteiger charge is 2.17. The van der Waals surface area contributed by atoms with Crippen molar-refractivity contribution in [1.82, 2.24) is 0 Å². The van der Waals surface area contributed by atoms with E-state index in [1.165, 1.54) is 30.0 Å². The van der Waals surface area contributed by atoms with E-state index in [0.29, 0.717) is 15.7 Å². The fraction of sp³-hybridized carbons (Fsp3) is 0.176. The van der Waals surface area contributed by atoms with Crippen molar-refractivity contribution in [3.63, 3.8) is 0 Å². The van der Waals surface area contributed by atoms with Gasteiger partial charge in [0.2, 0.25) is 11.8 Å².